The van der Waals surface area contributed by atoms with Gasteiger partial charge in [-0.05, 0) is 25.1 Å². The Balaban J connectivity index is 1.73. The van der Waals surface area contributed by atoms with Gasteiger partial charge in [0.1, 0.15) is 0 Å². The van der Waals surface area contributed by atoms with Crippen molar-refractivity contribution in [1.82, 2.24) is 0 Å². The maximum atomic E-state index is 11.1. The second kappa shape index (κ2) is 18.3. The third kappa shape index (κ3) is 14.3. The highest BCUT2D eigenvalue weighted by atomic mass is 32.1. The number of hydrogen-bond acceptors (Lipinski definition) is 3. The van der Waals surface area contributed by atoms with Gasteiger partial charge in [0.25, 0.3) is 0 Å². The fourth-order valence-electron chi connectivity index (χ4n) is 3.89. The molecule has 1 heterocycles. The van der Waals surface area contributed by atoms with Gasteiger partial charge < -0.3 is 4.74 Å². The average molecular weight is 409 g/mol. The van der Waals surface area contributed by atoms with Crippen molar-refractivity contribution in [2.75, 3.05) is 0 Å². The van der Waals surface area contributed by atoms with Crippen molar-refractivity contribution in [3.05, 3.63) is 12.2 Å². The fourth-order valence-corrected chi connectivity index (χ4v) is 4.14. The number of allylic oxidation sites excluding steroid dienone is 1. The van der Waals surface area contributed by atoms with Crippen LogP contribution in [0.2, 0.25) is 0 Å². The predicted octanol–water partition coefficient (Wildman–Crippen LogP) is 8.47. The topological polar surface area (TPSA) is 26.3 Å². The molecule has 28 heavy (non-hydrogen) atoms. The third-order valence-corrected chi connectivity index (χ3v) is 6.13. The normalized spacial score (nSPS) is 17.0. The van der Waals surface area contributed by atoms with E-state index in [1.807, 2.05) is 0 Å². The molecule has 0 N–H and O–H groups in total. The van der Waals surface area contributed by atoms with Gasteiger partial charge >= 0.3 is 5.97 Å². The lowest BCUT2D eigenvalue weighted by Crippen LogP contribution is -2.00. The minimum absolute atomic E-state index is 0.0355. The van der Waals surface area contributed by atoms with E-state index < -0.39 is 0 Å². The van der Waals surface area contributed by atoms with Crippen LogP contribution in [0, 0.1) is 5.92 Å². The molecule has 1 atom stereocenters. The molecule has 0 aromatic carbocycles. The summed E-state index contributed by atoms with van der Waals surface area (Å²) in [5, 5.41) is 0.448. The summed E-state index contributed by atoms with van der Waals surface area (Å²) in [4.78, 5) is 11.1. The van der Waals surface area contributed by atoms with E-state index in [0.717, 1.165) is 6.42 Å². The van der Waals surface area contributed by atoms with Crippen LogP contribution in [0.15, 0.2) is 12.2 Å². The summed E-state index contributed by atoms with van der Waals surface area (Å²) in [5.41, 5.74) is 0. The largest absolute Gasteiger partial charge is 0.418 e. The molecule has 1 saturated heterocycles. The smallest absolute Gasteiger partial charge is 0.312 e. The molecule has 3 heteroatoms. The maximum absolute atomic E-state index is 11.1. The number of rotatable bonds is 19. The van der Waals surface area contributed by atoms with Crippen LogP contribution in [0.25, 0.3) is 0 Å². The molecule has 1 unspecified atom stereocenters. The van der Waals surface area contributed by atoms with Gasteiger partial charge in [-0.15, -0.1) is 0 Å². The van der Waals surface area contributed by atoms with Crippen LogP contribution >= 0.6 is 12.2 Å². The molecule has 0 spiro atoms. The Kier molecular flexibility index (Phi) is 16.6. The maximum Gasteiger partial charge on any atom is 0.312 e. The van der Waals surface area contributed by atoms with Crippen molar-refractivity contribution in [3.8, 4) is 0 Å². The zero-order chi connectivity index (χ0) is 20.3. The first-order valence-electron chi connectivity index (χ1n) is 12.1. The number of esters is 1. The van der Waals surface area contributed by atoms with Crippen molar-refractivity contribution in [1.29, 1.82) is 0 Å². The minimum atomic E-state index is -0.183. The number of hydrogen-bond donors (Lipinski definition) is 0. The highest BCUT2D eigenvalue weighted by Crippen LogP contribution is 2.19. The van der Waals surface area contributed by atoms with Gasteiger partial charge in [-0.25, -0.2) is 0 Å². The van der Waals surface area contributed by atoms with E-state index in [2.05, 4.69) is 19.1 Å². The van der Waals surface area contributed by atoms with Gasteiger partial charge in [0.05, 0.1) is 12.3 Å². The van der Waals surface area contributed by atoms with Gasteiger partial charge in [0, 0.05) is 0 Å². The summed E-state index contributed by atoms with van der Waals surface area (Å²) in [7, 11) is 0. The SMILES string of the molecule is CCCCCCCCCCCCCCCCCCCC=CC1CC(=O)OC1=S. The first-order valence-corrected chi connectivity index (χ1v) is 12.6. The Morgan fingerprint density at radius 3 is 1.61 bits per heavy atom. The summed E-state index contributed by atoms with van der Waals surface area (Å²) >= 11 is 5.05. The molecule has 0 saturated carbocycles. The highest BCUT2D eigenvalue weighted by Gasteiger charge is 2.27. The molecule has 0 aromatic rings. The summed E-state index contributed by atoms with van der Waals surface area (Å²) in [6.45, 7) is 2.29. The molecule has 0 aromatic heterocycles. The van der Waals surface area contributed by atoms with Crippen molar-refractivity contribution in [3.63, 3.8) is 0 Å². The molecule has 0 bridgehead atoms. The lowest BCUT2D eigenvalue weighted by Gasteiger charge is -2.03. The molecular formula is C25H44O2S. The summed E-state index contributed by atoms with van der Waals surface area (Å²) < 4.78 is 4.91. The second-order valence-electron chi connectivity index (χ2n) is 8.48. The Morgan fingerprint density at radius 2 is 1.21 bits per heavy atom. The quantitative estimate of drug-likeness (QED) is 0.0927. The van der Waals surface area contributed by atoms with Crippen molar-refractivity contribution < 1.29 is 9.53 Å². The second-order valence-corrected chi connectivity index (χ2v) is 8.88. The standard InChI is InChI=1S/C25H44O2S/c1-2-3-4-5-6-7-8-9-10-11-12-13-14-15-16-17-18-19-20-21-23-22-24(26)27-25(23)28/h20-21,23H,2-19,22H2,1H3. The number of thiocarbonyl (C=S) groups is 1. The first kappa shape index (κ1) is 25.3. The number of unbranched alkanes of at least 4 members (excludes halogenated alkanes) is 17. The van der Waals surface area contributed by atoms with E-state index in [1.165, 1.54) is 109 Å². The van der Waals surface area contributed by atoms with Crippen LogP contribution in [-0.2, 0) is 9.53 Å². The number of carbonyl (C=O) groups is 1. The van der Waals surface area contributed by atoms with E-state index in [0.29, 0.717) is 11.5 Å². The van der Waals surface area contributed by atoms with Crippen molar-refractivity contribution in [2.24, 2.45) is 5.92 Å². The van der Waals surface area contributed by atoms with Crippen LogP contribution in [0.1, 0.15) is 129 Å². The van der Waals surface area contributed by atoms with Crippen LogP contribution in [0.4, 0.5) is 0 Å². The third-order valence-electron chi connectivity index (χ3n) is 5.75. The molecule has 1 fully saturated rings. The Morgan fingerprint density at radius 1 is 0.786 bits per heavy atom. The summed E-state index contributed by atoms with van der Waals surface area (Å²) in [6.07, 6.45) is 29.7. The molecule has 1 aliphatic heterocycles. The fraction of sp³-hybridized carbons (Fsp3) is 0.840. The summed E-state index contributed by atoms with van der Waals surface area (Å²) in [6, 6.07) is 0. The number of ether oxygens (including phenoxy) is 1. The highest BCUT2D eigenvalue weighted by molar-refractivity contribution is 7.80. The molecule has 0 radical (unpaired) electrons. The van der Waals surface area contributed by atoms with Gasteiger partial charge in [-0.2, -0.15) is 0 Å². The molecule has 1 rings (SSSR count). The van der Waals surface area contributed by atoms with Crippen molar-refractivity contribution >= 4 is 23.2 Å². The average Bonchev–Trinajstić information content (AvgIpc) is 3.00. The zero-order valence-corrected chi connectivity index (χ0v) is 19.2. The van der Waals surface area contributed by atoms with Crippen LogP contribution in [0.3, 0.4) is 0 Å². The Labute approximate surface area is 179 Å². The zero-order valence-electron chi connectivity index (χ0n) is 18.4. The van der Waals surface area contributed by atoms with Crippen LogP contribution < -0.4 is 0 Å². The summed E-state index contributed by atoms with van der Waals surface area (Å²) in [5.74, 6) is -0.147. The first-order chi connectivity index (χ1) is 13.7. The number of cyclic esters (lactones) is 1. The molecule has 0 aliphatic carbocycles. The minimum Gasteiger partial charge on any atom is -0.418 e. The van der Waals surface area contributed by atoms with Crippen LogP contribution in [0.5, 0.6) is 0 Å². The number of carbonyl (C=O) groups excluding carboxylic acids is 1. The monoisotopic (exact) mass is 408 g/mol. The predicted molar refractivity (Wildman–Crippen MR) is 125 cm³/mol. The lowest BCUT2D eigenvalue weighted by molar-refractivity contribution is -0.133. The lowest BCUT2D eigenvalue weighted by atomic mass is 10.0. The molecule has 2 nitrogen and oxygen atoms in total. The van der Waals surface area contributed by atoms with E-state index in [4.69, 9.17) is 17.0 Å². The van der Waals surface area contributed by atoms with E-state index in [1.54, 1.807) is 0 Å². The molecular weight excluding hydrogens is 364 g/mol. The van der Waals surface area contributed by atoms with Crippen LogP contribution in [-0.4, -0.2) is 11.0 Å². The van der Waals surface area contributed by atoms with E-state index >= 15 is 0 Å². The van der Waals surface area contributed by atoms with Gasteiger partial charge in [-0.3, -0.25) is 4.79 Å². The van der Waals surface area contributed by atoms with Gasteiger partial charge in [0.15, 0.2) is 5.05 Å². The molecule has 1 aliphatic rings. The van der Waals surface area contributed by atoms with Crippen molar-refractivity contribution in [2.45, 2.75) is 129 Å². The molecule has 162 valence electrons. The van der Waals surface area contributed by atoms with E-state index in [-0.39, 0.29) is 11.9 Å². The van der Waals surface area contributed by atoms with Gasteiger partial charge in [-0.1, -0.05) is 122 Å². The van der Waals surface area contributed by atoms with E-state index in [9.17, 15) is 4.79 Å². The Bertz CT molecular complexity index is 430. The molecule has 0 amide bonds. The Hall–Kier alpha value is -0.700. The van der Waals surface area contributed by atoms with Gasteiger partial charge in [0.2, 0.25) is 0 Å².